The summed E-state index contributed by atoms with van der Waals surface area (Å²) >= 11 is 0. The maximum Gasteiger partial charge on any atom is 0.342 e. The molecule has 3 rings (SSSR count). The average Bonchev–Trinajstić information content (AvgIpc) is 2.98. The predicted molar refractivity (Wildman–Crippen MR) is 162 cm³/mol. The molecule has 1 unspecified atom stereocenters. The zero-order chi connectivity index (χ0) is 30.5. The molecule has 6 N–H and O–H groups in total. The van der Waals surface area contributed by atoms with E-state index in [0.29, 0.717) is 28.2 Å². The Balaban J connectivity index is 2.18. The first-order chi connectivity index (χ1) is 19.2. The molecule has 0 fully saturated rings. The second kappa shape index (κ2) is 14.0. The molecule has 0 aromatic heterocycles. The molecule has 0 spiro atoms. The number of fused-ring (bicyclic) bond motifs is 1. The van der Waals surface area contributed by atoms with E-state index in [9.17, 15) is 32.9 Å². The highest BCUT2D eigenvalue weighted by Crippen LogP contribution is 2.58. The topological polar surface area (TPSA) is 169 Å². The van der Waals surface area contributed by atoms with Gasteiger partial charge in [-0.05, 0) is 37.5 Å². The van der Waals surface area contributed by atoms with Crippen LogP contribution >= 0.6 is 25.8 Å². The average molecular weight is 635 g/mol. The van der Waals surface area contributed by atoms with Gasteiger partial charge in [0.25, 0.3) is 0 Å². The summed E-state index contributed by atoms with van der Waals surface area (Å²) in [5.74, 6) is 0.445. The number of methoxy groups -OCH3 is 1. The van der Waals surface area contributed by atoms with Crippen LogP contribution in [-0.2, 0) is 20.2 Å². The summed E-state index contributed by atoms with van der Waals surface area (Å²) in [6, 6.07) is 12.7. The normalized spacial score (nSPS) is 22.9. The van der Waals surface area contributed by atoms with Gasteiger partial charge in [0.05, 0.1) is 30.4 Å². The van der Waals surface area contributed by atoms with Gasteiger partial charge in [-0.2, -0.15) is 10.6 Å². The Hall–Kier alpha value is -1.27. The highest BCUT2D eigenvalue weighted by molar-refractivity contribution is 8.24. The first kappa shape index (κ1) is 34.2. The van der Waals surface area contributed by atoms with E-state index in [1.807, 2.05) is 37.3 Å². The highest BCUT2D eigenvalue weighted by atomic mass is 32.3. The Morgan fingerprint density at radius 2 is 1.76 bits per heavy atom. The molecule has 0 saturated carbocycles. The first-order valence-corrected chi connectivity index (χ1v) is 19.0. The largest absolute Gasteiger partial charge is 0.496 e. The third kappa shape index (κ3) is 9.11. The maximum absolute atomic E-state index is 12.6. The van der Waals surface area contributed by atoms with Gasteiger partial charge in [-0.3, -0.25) is 28.5 Å². The second-order valence-corrected chi connectivity index (χ2v) is 16.1. The maximum atomic E-state index is 12.6. The highest BCUT2D eigenvalue weighted by Gasteiger charge is 2.42. The Bertz CT molecular complexity index is 1260. The number of benzene rings is 2. The number of hydrogen-bond donors (Lipinski definition) is 6. The number of ether oxygens (including phenoxy) is 1. The fourth-order valence-electron chi connectivity index (χ4n) is 5.42. The van der Waals surface area contributed by atoms with Crippen LogP contribution in [0, 0.1) is 0 Å². The van der Waals surface area contributed by atoms with E-state index in [4.69, 9.17) is 9.26 Å². The van der Waals surface area contributed by atoms with Gasteiger partial charge in [0.1, 0.15) is 18.3 Å². The lowest BCUT2D eigenvalue weighted by atomic mass is 9.88. The Morgan fingerprint density at radius 1 is 1.07 bits per heavy atom. The molecule has 0 saturated heterocycles. The summed E-state index contributed by atoms with van der Waals surface area (Å²) in [5, 5.41) is 3.78. The van der Waals surface area contributed by atoms with E-state index in [2.05, 4.69) is 12.2 Å². The molecule has 0 aliphatic carbocycles. The molecule has 0 radical (unpaired) electrons. The molecular weight excluding hydrogens is 590 g/mol. The fraction of sp³-hybridized carbons (Fsp3) is 0.556. The van der Waals surface area contributed by atoms with Crippen molar-refractivity contribution in [2.75, 3.05) is 32.0 Å². The van der Waals surface area contributed by atoms with Gasteiger partial charge in [-0.25, -0.2) is 0 Å². The standard InChI is InChI=1S/C27H44N2O9P2S/c1-5-8-14-27(6-2)18-41(35,36)25-15-22(17-29(19-39(30,31)32)20-40(33,34)38-7-3)24(37-4)16-23(25)26(28-27)21-12-10-9-11-13-21/h9-13,15-16,26,28,35-36H,5-8,14,17-20H2,1-4H3,(H,33,34)(H2,30,31,32)/t26-,27-/m1/s1. The first-order valence-electron chi connectivity index (χ1n) is 13.7. The van der Waals surface area contributed by atoms with Crippen LogP contribution in [0.15, 0.2) is 47.4 Å². The molecular formula is C27H44N2O9P2S. The van der Waals surface area contributed by atoms with Crippen LogP contribution in [0.25, 0.3) is 0 Å². The molecule has 0 amide bonds. The second-order valence-electron chi connectivity index (χ2n) is 10.6. The van der Waals surface area contributed by atoms with E-state index in [1.165, 1.54) is 7.11 Å². The molecule has 11 nitrogen and oxygen atoms in total. The van der Waals surface area contributed by atoms with E-state index in [-0.39, 0.29) is 24.9 Å². The molecule has 1 aliphatic heterocycles. The Kier molecular flexibility index (Phi) is 11.7. The summed E-state index contributed by atoms with van der Waals surface area (Å²) in [5.41, 5.74) is 1.40. The number of unbranched alkanes of at least 4 members (excludes halogenated alkanes) is 1. The van der Waals surface area contributed by atoms with Crippen molar-refractivity contribution in [3.8, 4) is 5.75 Å². The van der Waals surface area contributed by atoms with Crippen LogP contribution < -0.4 is 10.1 Å². The number of rotatable bonds is 14. The Labute approximate surface area is 244 Å². The molecule has 2 aromatic carbocycles. The minimum atomic E-state index is -4.63. The molecule has 0 bridgehead atoms. The Morgan fingerprint density at radius 3 is 2.32 bits per heavy atom. The van der Waals surface area contributed by atoms with Crippen molar-refractivity contribution in [3.05, 3.63) is 59.2 Å². The minimum absolute atomic E-state index is 0.0499. The SMILES string of the molecule is CCCC[C@]1(CC)CS(O)(O)c2cc(CN(CP(=O)(O)O)CP(=O)(O)OCC)c(OC)cc2[C@@H](c2ccccc2)N1. The van der Waals surface area contributed by atoms with Crippen molar-refractivity contribution in [1.29, 1.82) is 0 Å². The minimum Gasteiger partial charge on any atom is -0.496 e. The van der Waals surface area contributed by atoms with E-state index < -0.39 is 43.9 Å². The number of nitrogens with one attached hydrogen (secondary N) is 1. The van der Waals surface area contributed by atoms with Gasteiger partial charge in [-0.15, -0.1) is 0 Å². The van der Waals surface area contributed by atoms with E-state index in [1.54, 1.807) is 19.1 Å². The summed E-state index contributed by atoms with van der Waals surface area (Å²) in [4.78, 5) is 31.1. The molecule has 2 aromatic rings. The summed E-state index contributed by atoms with van der Waals surface area (Å²) in [7, 11) is -10.7. The van der Waals surface area contributed by atoms with Crippen LogP contribution in [0.1, 0.15) is 69.2 Å². The van der Waals surface area contributed by atoms with Gasteiger partial charge in [0.15, 0.2) is 0 Å². The van der Waals surface area contributed by atoms with Crippen molar-refractivity contribution >= 4 is 25.8 Å². The van der Waals surface area contributed by atoms with Gasteiger partial charge < -0.3 is 23.9 Å². The van der Waals surface area contributed by atoms with Gasteiger partial charge in [0, 0.05) is 23.2 Å². The van der Waals surface area contributed by atoms with Gasteiger partial charge >= 0.3 is 15.2 Å². The monoisotopic (exact) mass is 634 g/mol. The van der Waals surface area contributed by atoms with Crippen LogP contribution in [0.4, 0.5) is 0 Å². The van der Waals surface area contributed by atoms with Gasteiger partial charge in [-0.1, -0.05) is 57.0 Å². The number of nitrogens with zero attached hydrogens (tertiary/aromatic N) is 1. The van der Waals surface area contributed by atoms with Crippen LogP contribution in [0.3, 0.4) is 0 Å². The lowest BCUT2D eigenvalue weighted by Gasteiger charge is -2.42. The van der Waals surface area contributed by atoms with Crippen LogP contribution in [-0.4, -0.2) is 66.3 Å². The summed E-state index contributed by atoms with van der Waals surface area (Å²) < 4.78 is 58.5. The molecule has 14 heteroatoms. The van der Waals surface area contributed by atoms with Crippen molar-refractivity contribution in [1.82, 2.24) is 10.2 Å². The van der Waals surface area contributed by atoms with Crippen molar-refractivity contribution in [2.45, 2.75) is 69.5 Å². The lowest BCUT2D eigenvalue weighted by molar-refractivity contribution is 0.234. The van der Waals surface area contributed by atoms with Crippen LogP contribution in [0.5, 0.6) is 5.75 Å². The molecule has 1 heterocycles. The van der Waals surface area contributed by atoms with E-state index >= 15 is 0 Å². The molecule has 41 heavy (non-hydrogen) atoms. The lowest BCUT2D eigenvalue weighted by Crippen LogP contribution is -2.49. The third-order valence-electron chi connectivity index (χ3n) is 7.31. The number of hydrogen-bond acceptors (Lipinski definition) is 8. The van der Waals surface area contributed by atoms with E-state index in [0.717, 1.165) is 29.7 Å². The van der Waals surface area contributed by atoms with Crippen LogP contribution in [0.2, 0.25) is 0 Å². The molecule has 232 valence electrons. The zero-order valence-electron chi connectivity index (χ0n) is 24.1. The summed E-state index contributed by atoms with van der Waals surface area (Å²) in [6.07, 6.45) is 1.84. The quantitative estimate of drug-likeness (QED) is 0.136. The third-order valence-corrected chi connectivity index (χ3v) is 11.5. The molecule has 1 aliphatic rings. The summed E-state index contributed by atoms with van der Waals surface area (Å²) in [6.45, 7) is 5.43. The predicted octanol–water partition coefficient (Wildman–Crippen LogP) is 5.95. The van der Waals surface area contributed by atoms with Crippen molar-refractivity contribution in [3.63, 3.8) is 0 Å². The molecule has 3 atom stereocenters. The van der Waals surface area contributed by atoms with Crippen molar-refractivity contribution < 1.29 is 42.2 Å². The zero-order valence-corrected chi connectivity index (χ0v) is 26.7. The smallest absolute Gasteiger partial charge is 0.342 e. The fourth-order valence-corrected chi connectivity index (χ4v) is 9.73. The van der Waals surface area contributed by atoms with Gasteiger partial charge in [0.2, 0.25) is 0 Å². The van der Waals surface area contributed by atoms with Crippen molar-refractivity contribution in [2.24, 2.45) is 0 Å².